The zero-order valence-corrected chi connectivity index (χ0v) is 20.3. The van der Waals surface area contributed by atoms with Crippen molar-refractivity contribution in [1.29, 1.82) is 0 Å². The molecule has 0 aliphatic heterocycles. The number of amides is 1. The number of carbonyl (C=O) groups excluding carboxylic acids is 1. The molecule has 4 aromatic carbocycles. The molecule has 176 valence electrons. The van der Waals surface area contributed by atoms with Gasteiger partial charge in [0.25, 0.3) is 5.91 Å². The standard InChI is InChI=1S/C28H23ClN2O3S/c29-22-13-10-19(11-14-22)26-8-4-5-9-27(26)28(32)30-23-15-12-20-16-24(18-21(20)17-23)31-35(33,34)25-6-2-1-3-7-25/h1-15,17,24,31H,16,18H2,(H,30,32). The average Bonchev–Trinajstić information content (AvgIpc) is 3.26. The van der Waals surface area contributed by atoms with Crippen molar-refractivity contribution >= 4 is 33.2 Å². The number of hydrogen-bond donors (Lipinski definition) is 2. The van der Waals surface area contributed by atoms with Crippen molar-refractivity contribution in [2.75, 3.05) is 5.32 Å². The van der Waals surface area contributed by atoms with E-state index in [0.717, 1.165) is 22.3 Å². The van der Waals surface area contributed by atoms with Gasteiger partial charge in [-0.1, -0.05) is 66.2 Å². The molecular formula is C28H23ClN2O3S. The zero-order chi connectivity index (χ0) is 24.4. The molecule has 2 N–H and O–H groups in total. The molecule has 0 saturated carbocycles. The van der Waals surface area contributed by atoms with Gasteiger partial charge in [-0.15, -0.1) is 0 Å². The molecule has 7 heteroatoms. The second-order valence-electron chi connectivity index (χ2n) is 8.53. The highest BCUT2D eigenvalue weighted by molar-refractivity contribution is 7.89. The van der Waals surface area contributed by atoms with Crippen LogP contribution in [0.2, 0.25) is 5.02 Å². The van der Waals surface area contributed by atoms with E-state index in [9.17, 15) is 13.2 Å². The van der Waals surface area contributed by atoms with Crippen molar-refractivity contribution in [3.8, 4) is 11.1 Å². The third kappa shape index (κ3) is 5.15. The van der Waals surface area contributed by atoms with E-state index < -0.39 is 10.0 Å². The van der Waals surface area contributed by atoms with E-state index >= 15 is 0 Å². The van der Waals surface area contributed by atoms with Gasteiger partial charge >= 0.3 is 0 Å². The van der Waals surface area contributed by atoms with Crippen LogP contribution >= 0.6 is 11.6 Å². The number of rotatable bonds is 6. The topological polar surface area (TPSA) is 75.3 Å². The van der Waals surface area contributed by atoms with Gasteiger partial charge in [-0.05, 0) is 77.6 Å². The van der Waals surface area contributed by atoms with Gasteiger partial charge in [0.2, 0.25) is 10.0 Å². The van der Waals surface area contributed by atoms with Gasteiger partial charge in [0.05, 0.1) is 4.90 Å². The van der Waals surface area contributed by atoms with Gasteiger partial charge in [0.1, 0.15) is 0 Å². The summed E-state index contributed by atoms with van der Waals surface area (Å²) in [5.41, 5.74) is 5.05. The summed E-state index contributed by atoms with van der Waals surface area (Å²) in [5.74, 6) is -0.213. The van der Waals surface area contributed by atoms with E-state index in [1.807, 2.05) is 48.5 Å². The molecular weight excluding hydrogens is 480 g/mol. The van der Waals surface area contributed by atoms with Crippen LogP contribution in [0.3, 0.4) is 0 Å². The van der Waals surface area contributed by atoms with E-state index in [4.69, 9.17) is 11.6 Å². The molecule has 0 spiro atoms. The summed E-state index contributed by atoms with van der Waals surface area (Å²) in [6.07, 6.45) is 1.17. The SMILES string of the molecule is O=C(Nc1ccc2c(c1)CC(NS(=O)(=O)c1ccccc1)C2)c1ccccc1-c1ccc(Cl)cc1. The van der Waals surface area contributed by atoms with Crippen molar-refractivity contribution in [1.82, 2.24) is 4.72 Å². The molecule has 1 aliphatic carbocycles. The summed E-state index contributed by atoms with van der Waals surface area (Å²) in [6.45, 7) is 0. The van der Waals surface area contributed by atoms with Crippen LogP contribution in [0.4, 0.5) is 5.69 Å². The van der Waals surface area contributed by atoms with Gasteiger partial charge in [-0.3, -0.25) is 4.79 Å². The average molecular weight is 503 g/mol. The monoisotopic (exact) mass is 502 g/mol. The summed E-state index contributed by atoms with van der Waals surface area (Å²) in [6, 6.07) is 28.7. The highest BCUT2D eigenvalue weighted by atomic mass is 35.5. The van der Waals surface area contributed by atoms with Crippen LogP contribution in [0.5, 0.6) is 0 Å². The lowest BCUT2D eigenvalue weighted by molar-refractivity contribution is 0.102. The maximum atomic E-state index is 13.2. The van der Waals surface area contributed by atoms with Crippen molar-refractivity contribution < 1.29 is 13.2 Å². The third-order valence-corrected chi connectivity index (χ3v) is 7.89. The predicted molar refractivity (Wildman–Crippen MR) is 139 cm³/mol. The van der Waals surface area contributed by atoms with Crippen LogP contribution in [0.25, 0.3) is 11.1 Å². The second kappa shape index (κ2) is 9.66. The summed E-state index contributed by atoms with van der Waals surface area (Å²) < 4.78 is 28.2. The van der Waals surface area contributed by atoms with Crippen LogP contribution in [-0.4, -0.2) is 20.4 Å². The van der Waals surface area contributed by atoms with Crippen LogP contribution in [0.15, 0.2) is 102 Å². The van der Waals surface area contributed by atoms with Crippen molar-refractivity contribution in [3.63, 3.8) is 0 Å². The van der Waals surface area contributed by atoms with Gasteiger partial charge in [-0.2, -0.15) is 0 Å². The van der Waals surface area contributed by atoms with Crippen molar-refractivity contribution in [2.24, 2.45) is 0 Å². The first-order chi connectivity index (χ1) is 16.9. The molecule has 5 nitrogen and oxygen atoms in total. The van der Waals surface area contributed by atoms with Crippen LogP contribution < -0.4 is 10.0 Å². The number of carbonyl (C=O) groups is 1. The normalized spacial score (nSPS) is 14.9. The fourth-order valence-electron chi connectivity index (χ4n) is 4.43. The summed E-state index contributed by atoms with van der Waals surface area (Å²) in [7, 11) is -3.59. The number of sulfonamides is 1. The highest BCUT2D eigenvalue weighted by Crippen LogP contribution is 2.29. The van der Waals surface area contributed by atoms with Crippen LogP contribution in [-0.2, 0) is 22.9 Å². The molecule has 1 atom stereocenters. The third-order valence-electron chi connectivity index (χ3n) is 6.10. The first-order valence-electron chi connectivity index (χ1n) is 11.2. The Balaban J connectivity index is 1.31. The zero-order valence-electron chi connectivity index (χ0n) is 18.7. The number of nitrogens with one attached hydrogen (secondary N) is 2. The Morgan fingerprint density at radius 3 is 2.26 bits per heavy atom. The Hall–Kier alpha value is -3.45. The quantitative estimate of drug-likeness (QED) is 0.355. The maximum absolute atomic E-state index is 13.2. The number of anilines is 1. The van der Waals surface area contributed by atoms with Gasteiger partial charge in [0.15, 0.2) is 0 Å². The van der Waals surface area contributed by atoms with E-state index in [2.05, 4.69) is 10.0 Å². The number of benzene rings is 4. The highest BCUT2D eigenvalue weighted by Gasteiger charge is 2.27. The lowest BCUT2D eigenvalue weighted by Crippen LogP contribution is -2.35. The van der Waals surface area contributed by atoms with Crippen LogP contribution in [0.1, 0.15) is 21.5 Å². The Labute approximate surface area is 209 Å². The summed E-state index contributed by atoms with van der Waals surface area (Å²) in [4.78, 5) is 13.4. The molecule has 0 bridgehead atoms. The van der Waals surface area contributed by atoms with E-state index in [-0.39, 0.29) is 16.8 Å². The number of halogens is 1. The molecule has 0 radical (unpaired) electrons. The predicted octanol–water partition coefficient (Wildman–Crippen LogP) is 5.71. The van der Waals surface area contributed by atoms with Crippen LogP contribution in [0, 0.1) is 0 Å². The summed E-state index contributed by atoms with van der Waals surface area (Å²) in [5, 5.41) is 3.63. The molecule has 0 saturated heterocycles. The Morgan fingerprint density at radius 1 is 0.800 bits per heavy atom. The van der Waals surface area contributed by atoms with Gasteiger partial charge < -0.3 is 5.32 Å². The first-order valence-corrected chi connectivity index (χ1v) is 13.1. The molecule has 1 unspecified atom stereocenters. The molecule has 0 fully saturated rings. The lowest BCUT2D eigenvalue weighted by atomic mass is 9.99. The second-order valence-corrected chi connectivity index (χ2v) is 10.7. The van der Waals surface area contributed by atoms with E-state index in [1.54, 1.807) is 48.5 Å². The minimum absolute atomic E-state index is 0.213. The minimum Gasteiger partial charge on any atom is -0.322 e. The summed E-state index contributed by atoms with van der Waals surface area (Å²) >= 11 is 6.01. The van der Waals surface area contributed by atoms with E-state index in [1.165, 1.54) is 0 Å². The number of fused-ring (bicyclic) bond motifs is 1. The molecule has 1 aliphatic rings. The molecule has 0 heterocycles. The molecule has 1 amide bonds. The molecule has 5 rings (SSSR count). The maximum Gasteiger partial charge on any atom is 0.256 e. The Bertz CT molecular complexity index is 1490. The Morgan fingerprint density at radius 2 is 1.49 bits per heavy atom. The van der Waals surface area contributed by atoms with Gasteiger partial charge in [0, 0.05) is 22.3 Å². The largest absolute Gasteiger partial charge is 0.322 e. The molecule has 35 heavy (non-hydrogen) atoms. The van der Waals surface area contributed by atoms with Crippen molar-refractivity contribution in [3.05, 3.63) is 119 Å². The fourth-order valence-corrected chi connectivity index (χ4v) is 5.81. The van der Waals surface area contributed by atoms with E-state index in [0.29, 0.717) is 29.1 Å². The molecule has 0 aromatic heterocycles. The number of hydrogen-bond acceptors (Lipinski definition) is 3. The smallest absolute Gasteiger partial charge is 0.256 e. The van der Waals surface area contributed by atoms with Crippen molar-refractivity contribution in [2.45, 2.75) is 23.8 Å². The fraction of sp³-hybridized carbons (Fsp3) is 0.107. The first kappa shape index (κ1) is 23.3. The van der Waals surface area contributed by atoms with Gasteiger partial charge in [-0.25, -0.2) is 13.1 Å². The minimum atomic E-state index is -3.59. The Kier molecular flexibility index (Phi) is 6.43. The molecule has 4 aromatic rings. The lowest BCUT2D eigenvalue weighted by Gasteiger charge is -2.12.